The van der Waals surface area contributed by atoms with Gasteiger partial charge in [-0.1, -0.05) is 243 Å². The zero-order chi connectivity index (χ0) is 88.0. The third kappa shape index (κ3) is 29.4. The first kappa shape index (κ1) is 98.2. The molecule has 0 spiro atoms. The molecule has 6 N–H and O–H groups in total. The van der Waals surface area contributed by atoms with Gasteiger partial charge < -0.3 is 45.2 Å². The summed E-state index contributed by atoms with van der Waals surface area (Å²) in [6, 6.07) is 30.2. The molecule has 1 aliphatic heterocycles. The van der Waals surface area contributed by atoms with Gasteiger partial charge in [0.15, 0.2) is 45.4 Å². The summed E-state index contributed by atoms with van der Waals surface area (Å²) in [6.45, 7) is 28.9. The number of carbonyl (C=O) groups is 7. The number of ketones is 1. The quantitative estimate of drug-likeness (QED) is 0.0118. The van der Waals surface area contributed by atoms with E-state index in [9.17, 15) is 55.5 Å². The number of para-hydroxylation sites is 1. The van der Waals surface area contributed by atoms with E-state index in [1.807, 2.05) is 69.7 Å². The molecule has 0 radical (unpaired) electrons. The van der Waals surface area contributed by atoms with Crippen LogP contribution in [0.3, 0.4) is 0 Å². The average molecular weight is 1720 g/mol. The molecule has 6 amide bonds. The smallest absolute Gasteiger partial charge is 0.291 e. The van der Waals surface area contributed by atoms with Crippen LogP contribution in [0.5, 0.6) is 23.0 Å². The van der Waals surface area contributed by atoms with E-state index >= 15 is 0 Å². The van der Waals surface area contributed by atoms with Crippen molar-refractivity contribution in [3.8, 4) is 23.0 Å². The van der Waals surface area contributed by atoms with Crippen LogP contribution in [0.4, 0.5) is 22.7 Å². The summed E-state index contributed by atoms with van der Waals surface area (Å²) in [5, 5.41) is 27.4. The minimum atomic E-state index is -4.29. The predicted molar refractivity (Wildman–Crippen MR) is 474 cm³/mol. The molecule has 4 unspecified atom stereocenters. The highest BCUT2D eigenvalue weighted by Gasteiger charge is 2.40. The Morgan fingerprint density at radius 3 is 1.73 bits per heavy atom. The van der Waals surface area contributed by atoms with Crippen molar-refractivity contribution in [1.82, 2.24) is 19.6 Å². The van der Waals surface area contributed by atoms with Gasteiger partial charge in [-0.2, -0.15) is 10.1 Å². The maximum Gasteiger partial charge on any atom is 0.291 e. The lowest BCUT2D eigenvalue weighted by molar-refractivity contribution is -0.135. The molecule has 7 aromatic rings. The summed E-state index contributed by atoms with van der Waals surface area (Å²) in [7, 11) is -7.65. The molecule has 0 fully saturated rings. The van der Waals surface area contributed by atoms with Crippen molar-refractivity contribution in [3.63, 3.8) is 0 Å². The molecular weight excluding hydrogens is 1590 g/mol. The number of aromatic hydroxyl groups is 1. The van der Waals surface area contributed by atoms with Gasteiger partial charge in [-0.15, -0.1) is 0 Å². The molecule has 0 saturated carbocycles. The number of ether oxygens (including phenoxy) is 3. The minimum absolute atomic E-state index is 0.00991. The number of anilines is 4. The molecular formula is C91H123Cl2N9O15S2. The largest absolute Gasteiger partial charge is 0.504 e. The van der Waals surface area contributed by atoms with Crippen LogP contribution in [0.15, 0.2) is 143 Å². The molecule has 6 aromatic carbocycles. The van der Waals surface area contributed by atoms with E-state index in [1.54, 1.807) is 58.0 Å². The van der Waals surface area contributed by atoms with Crippen molar-refractivity contribution in [3.05, 3.63) is 171 Å². The van der Waals surface area contributed by atoms with Crippen LogP contribution in [0.25, 0.3) is 0 Å². The van der Waals surface area contributed by atoms with Gasteiger partial charge in [-0.25, -0.2) is 26.5 Å². The molecule has 0 aliphatic carbocycles. The first-order chi connectivity index (χ1) is 56.3. The van der Waals surface area contributed by atoms with Gasteiger partial charge in [0.1, 0.15) is 23.1 Å². The molecule has 28 heteroatoms. The number of imidazole rings is 1. The van der Waals surface area contributed by atoms with E-state index in [0.29, 0.717) is 59.3 Å². The number of Topliss-reactive ketones (excluding diaryl/α,β-unsaturated/α-hetero) is 1. The Labute approximate surface area is 714 Å². The number of amides is 6. The highest BCUT2D eigenvalue weighted by molar-refractivity contribution is 7.90. The molecule has 4 atom stereocenters. The van der Waals surface area contributed by atoms with Crippen LogP contribution < -0.4 is 45.2 Å². The fraction of sp³-hybridized carbons (Fsp3) is 0.484. The lowest BCUT2D eigenvalue weighted by atomic mass is 9.81. The third-order valence-corrected chi connectivity index (χ3v) is 23.8. The number of phenols is 1. The van der Waals surface area contributed by atoms with E-state index in [4.69, 9.17) is 37.4 Å². The number of phenolic OH excluding ortho intramolecular Hbond substituents is 1. The van der Waals surface area contributed by atoms with E-state index in [1.165, 1.54) is 142 Å². The van der Waals surface area contributed by atoms with Crippen LogP contribution >= 0.6 is 23.2 Å². The number of sulfonamides is 1. The first-order valence-corrected chi connectivity index (χ1v) is 45.6. The fourth-order valence-electron chi connectivity index (χ4n) is 12.9. The predicted octanol–water partition coefficient (Wildman–Crippen LogP) is 19.8. The van der Waals surface area contributed by atoms with Crippen molar-refractivity contribution >= 4 is 113 Å². The van der Waals surface area contributed by atoms with E-state index in [-0.39, 0.29) is 78.9 Å². The van der Waals surface area contributed by atoms with Crippen molar-refractivity contribution in [2.45, 2.75) is 272 Å². The number of hydrogen-bond acceptors (Lipinski definition) is 17. The van der Waals surface area contributed by atoms with Gasteiger partial charge in [0, 0.05) is 46.8 Å². The maximum atomic E-state index is 14.2. The summed E-state index contributed by atoms with van der Waals surface area (Å²) in [5.74, 6) is -3.00. The standard InChI is InChI=1S/C42H61N5O7S.C27H35N3O5S.C22H27Cl2NO3/c1-6-8-9-10-11-12-13-14-15-16-17-18-19-23-30-54-35-27-26-33(55(52,53)46-36(48)7-2)31-34(35)45-40(50)37(38(49)42(3,4)5)47-29-28-43-39(47)41(51)44-32-24-21-20-22-25-32;1-8-22(35-23-15-10-17(3)16-21(23)27(5,6)9-2)25(31)28-24-18(4)26(32)30(29-24)19-11-13-20(14-12-19)36(7,33)34;1-5-7-8-19(28-18-10-9-13(3)11-14(18)4)22(27)25-17-12-16(23)15(6-2)20(24)21(17)26/h20-22,24-29,31,37H,6-19,23,30H2,1-5H3,(H,44,51)(H,45,50)(H,46,48);10-16,18,22H,8-9H2,1-7H3,(H,28,29,31);9-12,19,26H,5-8H2,1-4H3,(H,25,27). The zero-order valence-electron chi connectivity index (χ0n) is 72.0. The van der Waals surface area contributed by atoms with Gasteiger partial charge >= 0.3 is 0 Å². The number of aromatic nitrogens is 2. The summed E-state index contributed by atoms with van der Waals surface area (Å²) >= 11 is 12.4. The van der Waals surface area contributed by atoms with Gasteiger partial charge in [0.05, 0.1) is 44.4 Å². The Bertz CT molecular complexity index is 4860. The number of carbonyl (C=O) groups excluding carboxylic acids is 7. The number of amidine groups is 1. The van der Waals surface area contributed by atoms with Crippen LogP contribution in [0, 0.1) is 32.1 Å². The minimum Gasteiger partial charge on any atom is -0.504 e. The molecule has 24 nitrogen and oxygen atoms in total. The number of nitrogens with zero attached hydrogens (tertiary/aromatic N) is 4. The van der Waals surface area contributed by atoms with Gasteiger partial charge in [0.2, 0.25) is 5.91 Å². The summed E-state index contributed by atoms with van der Waals surface area (Å²) < 4.78 is 71.2. The Hall–Kier alpha value is -9.63. The van der Waals surface area contributed by atoms with Crippen LogP contribution in [-0.2, 0) is 60.5 Å². The second-order valence-corrected chi connectivity index (χ2v) is 36.2. The summed E-state index contributed by atoms with van der Waals surface area (Å²) in [4.78, 5) is 96.4. The molecule has 1 aromatic heterocycles. The average Bonchev–Trinajstić information content (AvgIpc) is 1.78. The normalized spacial score (nSPS) is 13.6. The fourth-order valence-corrected chi connectivity index (χ4v) is 15.3. The van der Waals surface area contributed by atoms with Gasteiger partial charge in [0.25, 0.3) is 39.6 Å². The zero-order valence-corrected chi connectivity index (χ0v) is 75.2. The first-order valence-electron chi connectivity index (χ1n) is 41.5. The Morgan fingerprint density at radius 1 is 0.613 bits per heavy atom. The Kier molecular flexibility index (Phi) is 38.6. The number of hydrogen-bond donors (Lipinski definition) is 6. The second-order valence-electron chi connectivity index (χ2n) is 31.7. The van der Waals surface area contributed by atoms with Crippen molar-refractivity contribution in [1.29, 1.82) is 0 Å². The molecule has 8 rings (SSSR count). The lowest BCUT2D eigenvalue weighted by Gasteiger charge is -2.28. The van der Waals surface area contributed by atoms with Crippen molar-refractivity contribution < 1.29 is 69.7 Å². The number of sulfone groups is 1. The number of halogens is 2. The van der Waals surface area contributed by atoms with E-state index in [2.05, 4.69) is 72.0 Å². The van der Waals surface area contributed by atoms with Crippen molar-refractivity contribution in [2.75, 3.05) is 33.8 Å². The van der Waals surface area contributed by atoms with Crippen LogP contribution in [0.2, 0.25) is 10.0 Å². The number of benzene rings is 6. The molecule has 119 heavy (non-hydrogen) atoms. The number of nitrogens with one attached hydrogen (secondary N) is 5. The summed E-state index contributed by atoms with van der Waals surface area (Å²) in [5.41, 5.74) is 4.84. The van der Waals surface area contributed by atoms with Gasteiger partial charge in [-0.05, 0) is 156 Å². The SMILES string of the molecule is CCC(Oc1ccc(C)cc1C(C)(C)CC)C(=O)NC1=NN(c2ccc(S(C)(=O)=O)cc2)C(=O)C1C.CCCCC(Oc1ccc(C)cc1C)C(=O)Nc1cc(Cl)c(CC)c(Cl)c1O.CCCCCCCCCCCCCCCCOc1ccc(S(=O)(=O)NC(=O)CC)cc1NC(=O)C(C(=O)C(C)(C)C)n1ccnc1C(=O)Nc1ccccc1. The summed E-state index contributed by atoms with van der Waals surface area (Å²) in [6.07, 6.45) is 23.5. The molecule has 2 heterocycles. The number of hydrazone groups is 1. The second kappa shape index (κ2) is 46.8. The van der Waals surface area contributed by atoms with Crippen molar-refractivity contribution in [2.24, 2.45) is 16.4 Å². The highest BCUT2D eigenvalue weighted by Crippen LogP contribution is 2.41. The van der Waals surface area contributed by atoms with Gasteiger partial charge in [-0.3, -0.25) is 33.6 Å². The molecule has 0 bridgehead atoms. The number of unbranched alkanes of at least 4 members (excludes halogenated alkanes) is 14. The van der Waals surface area contributed by atoms with Crippen LogP contribution in [-0.4, -0.2) is 104 Å². The highest BCUT2D eigenvalue weighted by atomic mass is 35.5. The van der Waals surface area contributed by atoms with Crippen LogP contribution in [0.1, 0.15) is 256 Å². The Morgan fingerprint density at radius 2 is 1.17 bits per heavy atom. The lowest BCUT2D eigenvalue weighted by Crippen LogP contribution is -2.43. The van der Waals surface area contributed by atoms with E-state index < -0.39 is 72.9 Å². The monoisotopic (exact) mass is 1720 g/mol. The molecule has 648 valence electrons. The topological polar surface area (TPSA) is 329 Å². The maximum absolute atomic E-state index is 14.2. The van der Waals surface area contributed by atoms with E-state index in [0.717, 1.165) is 73.5 Å². The molecule has 1 aliphatic rings. The molecule has 0 saturated heterocycles. The third-order valence-electron chi connectivity index (χ3n) is 20.5. The number of rotatable bonds is 41. The Balaban J connectivity index is 0.000000295. The number of aryl methyl sites for hydroxylation is 3.